The number of benzene rings is 1. The molecule has 2 atom stereocenters. The van der Waals surface area contributed by atoms with E-state index < -0.39 is 12.1 Å². The van der Waals surface area contributed by atoms with Crippen LogP contribution in [0.2, 0.25) is 0 Å². The first-order chi connectivity index (χ1) is 8.56. The van der Waals surface area contributed by atoms with Gasteiger partial charge in [0.05, 0.1) is 12.7 Å². The molecule has 0 aliphatic carbocycles. The van der Waals surface area contributed by atoms with Crippen molar-refractivity contribution >= 4 is 5.91 Å². The molecule has 0 heterocycles. The summed E-state index contributed by atoms with van der Waals surface area (Å²) in [4.78, 5) is 13.5. The highest BCUT2D eigenvalue weighted by molar-refractivity contribution is 5.82. The lowest BCUT2D eigenvalue weighted by Crippen LogP contribution is -2.41. The van der Waals surface area contributed by atoms with E-state index in [1.807, 2.05) is 30.3 Å². The number of methoxy groups -OCH3 is 1. The zero-order valence-electron chi connectivity index (χ0n) is 10.7. The van der Waals surface area contributed by atoms with Crippen LogP contribution in [0.5, 0.6) is 0 Å². The molecule has 1 aromatic rings. The summed E-state index contributed by atoms with van der Waals surface area (Å²) in [5, 5.41) is 9.56. The van der Waals surface area contributed by atoms with Gasteiger partial charge in [-0.3, -0.25) is 4.79 Å². The summed E-state index contributed by atoms with van der Waals surface area (Å²) in [6.07, 6.45) is -0.702. The maximum Gasteiger partial charge on any atom is 0.243 e. The van der Waals surface area contributed by atoms with Crippen molar-refractivity contribution < 1.29 is 14.6 Å². The van der Waals surface area contributed by atoms with Gasteiger partial charge in [0.1, 0.15) is 6.04 Å². The van der Waals surface area contributed by atoms with Crippen molar-refractivity contribution in [3.05, 3.63) is 35.9 Å². The van der Waals surface area contributed by atoms with E-state index in [0.29, 0.717) is 0 Å². The Morgan fingerprint density at radius 3 is 2.61 bits per heavy atom. The lowest BCUT2D eigenvalue weighted by atomic mass is 10.1. The van der Waals surface area contributed by atoms with Crippen LogP contribution in [0.25, 0.3) is 0 Å². The van der Waals surface area contributed by atoms with Crippen LogP contribution in [-0.2, 0) is 9.53 Å². The molecule has 1 unspecified atom stereocenters. The Morgan fingerprint density at radius 1 is 1.44 bits per heavy atom. The Bertz CT molecular complexity index is 370. The van der Waals surface area contributed by atoms with Gasteiger partial charge in [-0.05, 0) is 5.56 Å². The highest BCUT2D eigenvalue weighted by Crippen LogP contribution is 2.12. The van der Waals surface area contributed by atoms with Crippen LogP contribution in [0.3, 0.4) is 0 Å². The molecular weight excluding hydrogens is 232 g/mol. The highest BCUT2D eigenvalue weighted by atomic mass is 16.5. The monoisotopic (exact) mass is 252 g/mol. The van der Waals surface area contributed by atoms with Crippen molar-refractivity contribution in [2.75, 3.05) is 27.3 Å². The summed E-state index contributed by atoms with van der Waals surface area (Å²) < 4.78 is 4.81. The van der Waals surface area contributed by atoms with Gasteiger partial charge in [0.2, 0.25) is 5.91 Å². The van der Waals surface area contributed by atoms with E-state index in [4.69, 9.17) is 10.5 Å². The van der Waals surface area contributed by atoms with Crippen molar-refractivity contribution in [1.29, 1.82) is 0 Å². The Balaban J connectivity index is 2.58. The van der Waals surface area contributed by atoms with E-state index in [-0.39, 0.29) is 19.1 Å². The predicted molar refractivity (Wildman–Crippen MR) is 68.9 cm³/mol. The number of rotatable bonds is 6. The van der Waals surface area contributed by atoms with E-state index in [1.54, 1.807) is 7.05 Å². The first kappa shape index (κ1) is 14.6. The van der Waals surface area contributed by atoms with E-state index in [2.05, 4.69) is 0 Å². The lowest BCUT2D eigenvalue weighted by molar-refractivity contribution is -0.133. The second-order valence-corrected chi connectivity index (χ2v) is 4.22. The first-order valence-electron chi connectivity index (χ1n) is 5.78. The number of nitrogens with zero attached hydrogens (tertiary/aromatic N) is 1. The molecule has 0 spiro atoms. The smallest absolute Gasteiger partial charge is 0.243 e. The van der Waals surface area contributed by atoms with Crippen LogP contribution < -0.4 is 5.73 Å². The van der Waals surface area contributed by atoms with Crippen molar-refractivity contribution in [3.8, 4) is 0 Å². The standard InChI is InChI=1S/C13H20N2O3/c1-15(8-11(16)9-18-2)13(17)12(14)10-6-4-3-5-7-10/h3-7,11-12,16H,8-9,14H2,1-2H3/t11?,12-/m0/s1. The molecule has 0 radical (unpaired) electrons. The molecule has 1 rings (SSSR count). The minimum Gasteiger partial charge on any atom is -0.389 e. The number of carbonyl (C=O) groups excluding carboxylic acids is 1. The minimum atomic E-state index is -0.703. The molecule has 5 heteroatoms. The average Bonchev–Trinajstić information content (AvgIpc) is 2.38. The molecule has 0 saturated carbocycles. The van der Waals surface area contributed by atoms with Crippen molar-refractivity contribution in [3.63, 3.8) is 0 Å². The Labute approximate surface area is 107 Å². The molecule has 0 fully saturated rings. The molecule has 0 aliphatic heterocycles. The minimum absolute atomic E-state index is 0.193. The van der Waals surface area contributed by atoms with Crippen LogP contribution in [0.1, 0.15) is 11.6 Å². The number of hydrogen-bond acceptors (Lipinski definition) is 4. The molecule has 100 valence electrons. The average molecular weight is 252 g/mol. The second-order valence-electron chi connectivity index (χ2n) is 4.22. The van der Waals surface area contributed by atoms with Gasteiger partial charge >= 0.3 is 0 Å². The summed E-state index contributed by atoms with van der Waals surface area (Å²) in [6.45, 7) is 0.394. The lowest BCUT2D eigenvalue weighted by Gasteiger charge is -2.23. The quantitative estimate of drug-likeness (QED) is 0.756. The van der Waals surface area contributed by atoms with Crippen molar-refractivity contribution in [2.45, 2.75) is 12.1 Å². The molecular formula is C13H20N2O3. The van der Waals surface area contributed by atoms with Gasteiger partial charge < -0.3 is 20.5 Å². The number of hydrogen-bond donors (Lipinski definition) is 2. The Hall–Kier alpha value is -1.43. The van der Waals surface area contributed by atoms with E-state index >= 15 is 0 Å². The van der Waals surface area contributed by atoms with Crippen molar-refractivity contribution in [1.82, 2.24) is 4.90 Å². The van der Waals surface area contributed by atoms with Gasteiger partial charge in [-0.1, -0.05) is 30.3 Å². The number of ether oxygens (including phenoxy) is 1. The number of aliphatic hydroxyl groups excluding tert-OH is 1. The van der Waals surface area contributed by atoms with E-state index in [9.17, 15) is 9.90 Å². The van der Waals surface area contributed by atoms with Gasteiger partial charge in [0.25, 0.3) is 0 Å². The maximum atomic E-state index is 12.0. The van der Waals surface area contributed by atoms with Crippen LogP contribution >= 0.6 is 0 Å². The largest absolute Gasteiger partial charge is 0.389 e. The molecule has 18 heavy (non-hydrogen) atoms. The number of likely N-dealkylation sites (N-methyl/N-ethyl adjacent to an activating group) is 1. The highest BCUT2D eigenvalue weighted by Gasteiger charge is 2.21. The summed E-state index contributed by atoms with van der Waals surface area (Å²) >= 11 is 0. The van der Waals surface area contributed by atoms with Gasteiger partial charge in [-0.15, -0.1) is 0 Å². The first-order valence-corrected chi connectivity index (χ1v) is 5.78. The van der Waals surface area contributed by atoms with Crippen molar-refractivity contribution in [2.24, 2.45) is 5.73 Å². The van der Waals surface area contributed by atoms with E-state index in [1.165, 1.54) is 12.0 Å². The van der Waals surface area contributed by atoms with Crippen LogP contribution in [0.4, 0.5) is 0 Å². The van der Waals surface area contributed by atoms with Gasteiger partial charge in [-0.2, -0.15) is 0 Å². The molecule has 0 aromatic heterocycles. The SMILES string of the molecule is COCC(O)CN(C)C(=O)[C@@H](N)c1ccccc1. The van der Waals surface area contributed by atoms with E-state index in [0.717, 1.165) is 5.56 Å². The third-order valence-electron chi connectivity index (χ3n) is 2.64. The molecule has 1 amide bonds. The summed E-state index contributed by atoms with van der Waals surface area (Å²) in [6, 6.07) is 8.45. The zero-order chi connectivity index (χ0) is 13.5. The molecule has 0 saturated heterocycles. The Kier molecular flexibility index (Phi) is 5.77. The molecule has 0 bridgehead atoms. The van der Waals surface area contributed by atoms with Gasteiger partial charge in [-0.25, -0.2) is 0 Å². The van der Waals surface area contributed by atoms with Crippen LogP contribution in [0, 0.1) is 0 Å². The topological polar surface area (TPSA) is 75.8 Å². The molecule has 5 nitrogen and oxygen atoms in total. The van der Waals surface area contributed by atoms with Gasteiger partial charge in [0, 0.05) is 20.7 Å². The fourth-order valence-corrected chi connectivity index (χ4v) is 1.69. The zero-order valence-corrected chi connectivity index (χ0v) is 10.7. The second kappa shape index (κ2) is 7.10. The Morgan fingerprint density at radius 2 is 2.06 bits per heavy atom. The fraction of sp³-hybridized carbons (Fsp3) is 0.462. The third kappa shape index (κ3) is 4.10. The van der Waals surface area contributed by atoms with Crippen LogP contribution in [-0.4, -0.2) is 49.3 Å². The summed E-state index contributed by atoms with van der Waals surface area (Å²) in [5.74, 6) is -0.226. The summed E-state index contributed by atoms with van der Waals surface area (Å²) in [5.41, 5.74) is 6.64. The molecule has 0 aliphatic rings. The predicted octanol–water partition coefficient (Wildman–Crippen LogP) is 0.152. The van der Waals surface area contributed by atoms with Gasteiger partial charge in [0.15, 0.2) is 0 Å². The fourth-order valence-electron chi connectivity index (χ4n) is 1.69. The normalized spacial score (nSPS) is 14.0. The number of aliphatic hydroxyl groups is 1. The van der Waals surface area contributed by atoms with Crippen LogP contribution in [0.15, 0.2) is 30.3 Å². The summed E-state index contributed by atoms with van der Waals surface area (Å²) in [7, 11) is 3.12. The number of carbonyl (C=O) groups is 1. The molecule has 3 N–H and O–H groups in total. The third-order valence-corrected chi connectivity index (χ3v) is 2.64. The number of nitrogens with two attached hydrogens (primary N) is 1. The maximum absolute atomic E-state index is 12.0. The number of amides is 1. The molecule has 1 aromatic carbocycles.